The van der Waals surface area contributed by atoms with Gasteiger partial charge in [0.2, 0.25) is 0 Å². The number of aryl methyl sites for hydroxylation is 2. The van der Waals surface area contributed by atoms with Crippen molar-refractivity contribution >= 4 is 17.6 Å². The summed E-state index contributed by atoms with van der Waals surface area (Å²) < 4.78 is 21.9. The minimum absolute atomic E-state index is 0.206. The Hall–Kier alpha value is -4.01. The van der Waals surface area contributed by atoms with Crippen molar-refractivity contribution < 1.29 is 28.3 Å². The Balaban J connectivity index is 1.33. The van der Waals surface area contributed by atoms with E-state index < -0.39 is 12.1 Å². The maximum atomic E-state index is 12.9. The number of aromatic nitrogens is 1. The van der Waals surface area contributed by atoms with Crippen LogP contribution in [0.25, 0.3) is 0 Å². The highest BCUT2D eigenvalue weighted by Crippen LogP contribution is 2.30. The summed E-state index contributed by atoms with van der Waals surface area (Å²) in [6.07, 6.45) is -0.901. The first-order chi connectivity index (χ1) is 17.4. The van der Waals surface area contributed by atoms with Gasteiger partial charge in [0.05, 0.1) is 23.9 Å². The molecule has 1 atom stereocenters. The molecule has 1 aliphatic rings. The molecule has 9 nitrogen and oxygen atoms in total. The van der Waals surface area contributed by atoms with Crippen molar-refractivity contribution in [2.75, 3.05) is 38.2 Å². The monoisotopic (exact) mass is 493 g/mol. The Kier molecular flexibility index (Phi) is 7.77. The molecule has 0 radical (unpaired) electrons. The summed E-state index contributed by atoms with van der Waals surface area (Å²) in [5, 5.41) is 3.92. The van der Waals surface area contributed by atoms with Crippen LogP contribution in [0.5, 0.6) is 11.5 Å². The number of hydrogen-bond acceptors (Lipinski definition) is 8. The molecule has 36 heavy (non-hydrogen) atoms. The number of carbonyl (C=O) groups is 2. The van der Waals surface area contributed by atoms with Gasteiger partial charge in [-0.05, 0) is 51.1 Å². The van der Waals surface area contributed by atoms with E-state index in [9.17, 15) is 9.59 Å². The van der Waals surface area contributed by atoms with Crippen LogP contribution in [0.3, 0.4) is 0 Å². The number of esters is 1. The molecule has 0 aliphatic carbocycles. The number of para-hydroxylation sites is 1. The average Bonchev–Trinajstić information content (AvgIpc) is 3.24. The first-order valence-corrected chi connectivity index (χ1v) is 11.9. The molecule has 0 bridgehead atoms. The van der Waals surface area contributed by atoms with Crippen molar-refractivity contribution in [3.63, 3.8) is 0 Å². The SMILES string of the molecule is COc1cc(C(=O)OC(C)C(=O)N2CCN(c3ccccc3)CC2)ccc1OCc1c(C)noc1C. The normalized spacial score (nSPS) is 14.3. The number of carbonyl (C=O) groups excluding carboxylic acids is 2. The van der Waals surface area contributed by atoms with E-state index in [4.69, 9.17) is 18.7 Å². The van der Waals surface area contributed by atoms with Gasteiger partial charge in [-0.1, -0.05) is 23.4 Å². The van der Waals surface area contributed by atoms with Gasteiger partial charge in [-0.2, -0.15) is 0 Å². The van der Waals surface area contributed by atoms with E-state index in [-0.39, 0.29) is 18.1 Å². The standard InChI is InChI=1S/C27H31N3O6/c1-18-23(19(2)36-28-18)17-34-24-11-10-21(16-25(24)33-4)27(32)35-20(3)26(31)30-14-12-29(13-15-30)22-8-6-5-7-9-22/h5-11,16,20H,12-15,17H2,1-4H3. The molecule has 1 aromatic heterocycles. The van der Waals surface area contributed by atoms with E-state index in [0.29, 0.717) is 30.3 Å². The number of methoxy groups -OCH3 is 1. The minimum atomic E-state index is -0.901. The lowest BCUT2D eigenvalue weighted by Crippen LogP contribution is -2.51. The highest BCUT2D eigenvalue weighted by Gasteiger charge is 2.28. The lowest BCUT2D eigenvalue weighted by Gasteiger charge is -2.37. The number of rotatable bonds is 8. The molecule has 9 heteroatoms. The third-order valence-corrected chi connectivity index (χ3v) is 6.30. The predicted molar refractivity (Wildman–Crippen MR) is 133 cm³/mol. The summed E-state index contributed by atoms with van der Waals surface area (Å²) in [7, 11) is 1.49. The third-order valence-electron chi connectivity index (χ3n) is 6.30. The van der Waals surface area contributed by atoms with E-state index in [1.807, 2.05) is 32.0 Å². The number of amides is 1. The minimum Gasteiger partial charge on any atom is -0.493 e. The van der Waals surface area contributed by atoms with E-state index >= 15 is 0 Å². The third kappa shape index (κ3) is 5.62. The second-order valence-electron chi connectivity index (χ2n) is 8.65. The van der Waals surface area contributed by atoms with Crippen molar-refractivity contribution in [1.29, 1.82) is 0 Å². The first kappa shape index (κ1) is 25.1. The highest BCUT2D eigenvalue weighted by atomic mass is 16.5. The number of ether oxygens (including phenoxy) is 3. The largest absolute Gasteiger partial charge is 0.493 e. The lowest BCUT2D eigenvalue weighted by molar-refractivity contribution is -0.140. The van der Waals surface area contributed by atoms with Gasteiger partial charge in [-0.15, -0.1) is 0 Å². The highest BCUT2D eigenvalue weighted by molar-refractivity contribution is 5.93. The number of piperazine rings is 1. The number of nitrogens with zero attached hydrogens (tertiary/aromatic N) is 3. The molecule has 4 rings (SSSR count). The van der Waals surface area contributed by atoms with Crippen molar-refractivity contribution in [3.8, 4) is 11.5 Å². The molecule has 190 valence electrons. The fourth-order valence-corrected chi connectivity index (χ4v) is 4.13. The molecule has 1 aliphatic heterocycles. The molecule has 2 heterocycles. The van der Waals surface area contributed by atoms with E-state index in [1.54, 1.807) is 30.0 Å². The Bertz CT molecular complexity index is 1180. The average molecular weight is 494 g/mol. The van der Waals surface area contributed by atoms with Gasteiger partial charge in [0.15, 0.2) is 17.6 Å². The summed E-state index contributed by atoms with van der Waals surface area (Å²) in [5.74, 6) is 0.727. The Morgan fingerprint density at radius 2 is 1.75 bits per heavy atom. The molecule has 0 saturated carbocycles. The van der Waals surface area contributed by atoms with Crippen LogP contribution in [-0.2, 0) is 16.1 Å². The van der Waals surface area contributed by atoms with Crippen LogP contribution >= 0.6 is 0 Å². The van der Waals surface area contributed by atoms with E-state index in [2.05, 4.69) is 22.2 Å². The summed E-state index contributed by atoms with van der Waals surface area (Å²) in [6, 6.07) is 14.9. The van der Waals surface area contributed by atoms with Gasteiger partial charge >= 0.3 is 5.97 Å². The first-order valence-electron chi connectivity index (χ1n) is 11.9. The lowest BCUT2D eigenvalue weighted by atomic mass is 10.2. The second kappa shape index (κ2) is 11.2. The molecule has 1 unspecified atom stereocenters. The van der Waals surface area contributed by atoms with Crippen LogP contribution in [0.4, 0.5) is 5.69 Å². The summed E-state index contributed by atoms with van der Waals surface area (Å²) in [5.41, 5.74) is 3.02. The zero-order valence-electron chi connectivity index (χ0n) is 21.0. The van der Waals surface area contributed by atoms with Crippen molar-refractivity contribution in [3.05, 3.63) is 71.1 Å². The predicted octanol–water partition coefficient (Wildman–Crippen LogP) is 3.77. The zero-order chi connectivity index (χ0) is 25.7. The van der Waals surface area contributed by atoms with Crippen LogP contribution < -0.4 is 14.4 Å². The van der Waals surface area contributed by atoms with Crippen molar-refractivity contribution in [2.45, 2.75) is 33.5 Å². The van der Waals surface area contributed by atoms with Gasteiger partial charge in [0.1, 0.15) is 12.4 Å². The molecule has 0 spiro atoms. The molecule has 2 aromatic carbocycles. The van der Waals surface area contributed by atoms with Crippen LogP contribution in [0.15, 0.2) is 53.1 Å². The summed E-state index contributed by atoms with van der Waals surface area (Å²) in [4.78, 5) is 29.7. The number of benzene rings is 2. The van der Waals surface area contributed by atoms with Gasteiger partial charge in [-0.25, -0.2) is 4.79 Å². The maximum Gasteiger partial charge on any atom is 0.339 e. The van der Waals surface area contributed by atoms with Gasteiger partial charge in [-0.3, -0.25) is 4.79 Å². The molecular formula is C27H31N3O6. The summed E-state index contributed by atoms with van der Waals surface area (Å²) >= 11 is 0. The zero-order valence-corrected chi connectivity index (χ0v) is 21.0. The van der Waals surface area contributed by atoms with Crippen molar-refractivity contribution in [2.24, 2.45) is 0 Å². The van der Waals surface area contributed by atoms with Crippen LogP contribution in [-0.4, -0.2) is 61.3 Å². The van der Waals surface area contributed by atoms with E-state index in [1.165, 1.54) is 7.11 Å². The van der Waals surface area contributed by atoms with Gasteiger partial charge in [0.25, 0.3) is 5.91 Å². The van der Waals surface area contributed by atoms with Gasteiger partial charge < -0.3 is 28.5 Å². The number of anilines is 1. The fraction of sp³-hybridized carbons (Fsp3) is 0.370. The van der Waals surface area contributed by atoms with Gasteiger partial charge in [0, 0.05) is 31.9 Å². The van der Waals surface area contributed by atoms with Crippen LogP contribution in [0.1, 0.15) is 34.3 Å². The molecule has 1 saturated heterocycles. The second-order valence-corrected chi connectivity index (χ2v) is 8.65. The fourth-order valence-electron chi connectivity index (χ4n) is 4.13. The Morgan fingerprint density at radius 3 is 2.39 bits per heavy atom. The Labute approximate surface area is 210 Å². The maximum absolute atomic E-state index is 12.9. The molecule has 3 aromatic rings. The van der Waals surface area contributed by atoms with E-state index in [0.717, 1.165) is 30.0 Å². The number of hydrogen-bond donors (Lipinski definition) is 0. The molecular weight excluding hydrogens is 462 g/mol. The molecule has 1 amide bonds. The Morgan fingerprint density at radius 1 is 1.03 bits per heavy atom. The van der Waals surface area contributed by atoms with Crippen molar-refractivity contribution in [1.82, 2.24) is 10.1 Å². The topological polar surface area (TPSA) is 94.3 Å². The quantitative estimate of drug-likeness (QED) is 0.438. The smallest absolute Gasteiger partial charge is 0.339 e. The van der Waals surface area contributed by atoms with Crippen LogP contribution in [0.2, 0.25) is 0 Å². The molecule has 0 N–H and O–H groups in total. The van der Waals surface area contributed by atoms with Crippen LogP contribution in [0, 0.1) is 13.8 Å². The summed E-state index contributed by atoms with van der Waals surface area (Å²) in [6.45, 7) is 8.11. The molecule has 1 fully saturated rings.